The van der Waals surface area contributed by atoms with Crippen molar-refractivity contribution in [1.82, 2.24) is 9.97 Å². The third-order valence-electron chi connectivity index (χ3n) is 3.17. The Hall–Kier alpha value is -3.28. The van der Waals surface area contributed by atoms with E-state index >= 15 is 0 Å². The minimum atomic E-state index is -0.473. The number of nitrogens with zero attached hydrogens (tertiary/aromatic N) is 2. The lowest BCUT2D eigenvalue weighted by atomic mass is 10.1. The zero-order valence-corrected chi connectivity index (χ0v) is 12.0. The summed E-state index contributed by atoms with van der Waals surface area (Å²) < 4.78 is 13.3. The van der Waals surface area contributed by atoms with Crippen molar-refractivity contribution >= 4 is 17.4 Å². The fraction of sp³-hybridized carbons (Fsp3) is 0. The summed E-state index contributed by atoms with van der Waals surface area (Å²) in [6, 6.07) is 14.8. The van der Waals surface area contributed by atoms with Crippen LogP contribution in [0.2, 0.25) is 0 Å². The molecule has 3 N–H and O–H groups in total. The summed E-state index contributed by atoms with van der Waals surface area (Å²) in [4.78, 5) is 20.5. The van der Waals surface area contributed by atoms with Crippen LogP contribution in [-0.2, 0) is 0 Å². The lowest BCUT2D eigenvalue weighted by molar-refractivity contribution is 0.102. The molecule has 0 spiro atoms. The van der Waals surface area contributed by atoms with Crippen LogP contribution in [-0.4, -0.2) is 15.9 Å². The molecular weight excluding hydrogens is 295 g/mol. The second-order valence-electron chi connectivity index (χ2n) is 4.82. The van der Waals surface area contributed by atoms with E-state index in [1.54, 1.807) is 36.4 Å². The van der Waals surface area contributed by atoms with Gasteiger partial charge in [-0.2, -0.15) is 0 Å². The van der Waals surface area contributed by atoms with Crippen LogP contribution in [0.1, 0.15) is 10.5 Å². The molecule has 0 aliphatic carbocycles. The van der Waals surface area contributed by atoms with Gasteiger partial charge in [-0.15, -0.1) is 0 Å². The molecule has 0 aliphatic heterocycles. The standard InChI is InChI=1S/C17H13FN4O/c18-12-6-4-5-11(9-12)14-10-20-16(19)15(22-14)17(23)21-13-7-2-1-3-8-13/h1-10H,(H2,19,20)(H,21,23). The number of benzene rings is 2. The van der Waals surface area contributed by atoms with Gasteiger partial charge in [0.1, 0.15) is 5.82 Å². The molecule has 0 atom stereocenters. The Morgan fingerprint density at radius 2 is 1.87 bits per heavy atom. The molecule has 2 aromatic carbocycles. The van der Waals surface area contributed by atoms with Crippen LogP contribution in [0.4, 0.5) is 15.9 Å². The summed E-state index contributed by atoms with van der Waals surface area (Å²) in [5.74, 6) is -0.852. The van der Waals surface area contributed by atoms with Crippen LogP contribution in [0.25, 0.3) is 11.3 Å². The minimum absolute atomic E-state index is 0.00406. The number of anilines is 2. The normalized spacial score (nSPS) is 10.3. The highest BCUT2D eigenvalue weighted by molar-refractivity contribution is 6.05. The van der Waals surface area contributed by atoms with E-state index in [2.05, 4.69) is 15.3 Å². The van der Waals surface area contributed by atoms with E-state index in [0.717, 1.165) is 0 Å². The van der Waals surface area contributed by atoms with Gasteiger partial charge in [0.25, 0.3) is 5.91 Å². The molecule has 5 nitrogen and oxygen atoms in total. The monoisotopic (exact) mass is 308 g/mol. The van der Waals surface area contributed by atoms with Gasteiger partial charge in [0.05, 0.1) is 11.9 Å². The summed E-state index contributed by atoms with van der Waals surface area (Å²) in [7, 11) is 0. The first-order chi connectivity index (χ1) is 11.1. The van der Waals surface area contributed by atoms with Crippen LogP contribution in [0.3, 0.4) is 0 Å². The van der Waals surface area contributed by atoms with Crippen LogP contribution in [0.15, 0.2) is 60.8 Å². The molecule has 114 valence electrons. The Morgan fingerprint density at radius 1 is 1.09 bits per heavy atom. The molecule has 0 unspecified atom stereocenters. The first kappa shape index (κ1) is 14.6. The topological polar surface area (TPSA) is 80.9 Å². The molecule has 1 heterocycles. The maximum Gasteiger partial charge on any atom is 0.278 e. The van der Waals surface area contributed by atoms with Gasteiger partial charge in [0, 0.05) is 11.3 Å². The first-order valence-corrected chi connectivity index (χ1v) is 6.88. The van der Waals surface area contributed by atoms with Crippen LogP contribution in [0, 0.1) is 5.82 Å². The lowest BCUT2D eigenvalue weighted by Gasteiger charge is -2.08. The third kappa shape index (κ3) is 3.32. The predicted molar refractivity (Wildman–Crippen MR) is 86.2 cm³/mol. The van der Waals surface area contributed by atoms with E-state index in [-0.39, 0.29) is 11.5 Å². The van der Waals surface area contributed by atoms with Gasteiger partial charge in [0.15, 0.2) is 11.5 Å². The van der Waals surface area contributed by atoms with Gasteiger partial charge in [0.2, 0.25) is 0 Å². The van der Waals surface area contributed by atoms with Crippen molar-refractivity contribution < 1.29 is 9.18 Å². The van der Waals surface area contributed by atoms with Gasteiger partial charge in [-0.3, -0.25) is 4.79 Å². The van der Waals surface area contributed by atoms with Crippen molar-refractivity contribution in [3.63, 3.8) is 0 Å². The number of rotatable bonds is 3. The van der Waals surface area contributed by atoms with E-state index in [9.17, 15) is 9.18 Å². The molecule has 0 aliphatic rings. The quantitative estimate of drug-likeness (QED) is 0.779. The highest BCUT2D eigenvalue weighted by Crippen LogP contribution is 2.20. The van der Waals surface area contributed by atoms with Gasteiger partial charge in [-0.05, 0) is 24.3 Å². The Balaban J connectivity index is 1.93. The van der Waals surface area contributed by atoms with E-state index < -0.39 is 11.7 Å². The number of carbonyl (C=O) groups excluding carboxylic acids is 1. The second kappa shape index (κ2) is 6.23. The fourth-order valence-corrected chi connectivity index (χ4v) is 2.06. The lowest BCUT2D eigenvalue weighted by Crippen LogP contribution is -2.17. The van der Waals surface area contributed by atoms with Crippen molar-refractivity contribution in [3.05, 3.63) is 72.3 Å². The number of para-hydroxylation sites is 1. The van der Waals surface area contributed by atoms with E-state index in [4.69, 9.17) is 5.73 Å². The third-order valence-corrected chi connectivity index (χ3v) is 3.17. The number of aromatic nitrogens is 2. The molecule has 23 heavy (non-hydrogen) atoms. The average molecular weight is 308 g/mol. The molecule has 0 saturated carbocycles. The molecule has 0 fully saturated rings. The minimum Gasteiger partial charge on any atom is -0.382 e. The number of nitrogens with two attached hydrogens (primary N) is 1. The Kier molecular flexibility index (Phi) is 3.97. The summed E-state index contributed by atoms with van der Waals surface area (Å²) in [5, 5.41) is 2.69. The number of halogens is 1. The predicted octanol–water partition coefficient (Wildman–Crippen LogP) is 3.12. The molecule has 3 rings (SSSR count). The number of carbonyl (C=O) groups is 1. The Labute approximate surface area is 132 Å². The van der Waals surface area contributed by atoms with Crippen molar-refractivity contribution in [2.24, 2.45) is 0 Å². The van der Waals surface area contributed by atoms with Crippen LogP contribution >= 0.6 is 0 Å². The summed E-state index contributed by atoms with van der Waals surface area (Å²) in [6.45, 7) is 0. The van der Waals surface area contributed by atoms with E-state index in [1.807, 2.05) is 6.07 Å². The first-order valence-electron chi connectivity index (χ1n) is 6.88. The molecule has 6 heteroatoms. The highest BCUT2D eigenvalue weighted by atomic mass is 19.1. The largest absolute Gasteiger partial charge is 0.382 e. The van der Waals surface area contributed by atoms with Gasteiger partial charge in [-0.25, -0.2) is 14.4 Å². The Bertz CT molecular complexity index is 852. The summed E-state index contributed by atoms with van der Waals surface area (Å²) >= 11 is 0. The van der Waals surface area contributed by atoms with Crippen LogP contribution < -0.4 is 11.1 Å². The van der Waals surface area contributed by atoms with Gasteiger partial charge in [-0.1, -0.05) is 30.3 Å². The molecule has 3 aromatic rings. The number of amides is 1. The highest BCUT2D eigenvalue weighted by Gasteiger charge is 2.15. The molecule has 0 radical (unpaired) electrons. The summed E-state index contributed by atoms with van der Waals surface area (Å²) in [5.41, 5.74) is 7.25. The molecular formula is C17H13FN4O. The van der Waals surface area contributed by atoms with Crippen molar-refractivity contribution in [1.29, 1.82) is 0 Å². The zero-order chi connectivity index (χ0) is 16.2. The number of nitrogens with one attached hydrogen (secondary N) is 1. The van der Waals surface area contributed by atoms with E-state index in [0.29, 0.717) is 16.9 Å². The number of hydrogen-bond donors (Lipinski definition) is 2. The number of hydrogen-bond acceptors (Lipinski definition) is 4. The van der Waals surface area contributed by atoms with Crippen molar-refractivity contribution in [2.75, 3.05) is 11.1 Å². The second-order valence-corrected chi connectivity index (χ2v) is 4.82. The molecule has 0 bridgehead atoms. The van der Waals surface area contributed by atoms with Crippen molar-refractivity contribution in [3.8, 4) is 11.3 Å². The van der Waals surface area contributed by atoms with Gasteiger partial charge < -0.3 is 11.1 Å². The molecule has 1 aromatic heterocycles. The van der Waals surface area contributed by atoms with Gasteiger partial charge >= 0.3 is 0 Å². The Morgan fingerprint density at radius 3 is 2.61 bits per heavy atom. The number of nitrogen functional groups attached to an aromatic ring is 1. The fourth-order valence-electron chi connectivity index (χ4n) is 2.06. The van der Waals surface area contributed by atoms with Crippen molar-refractivity contribution in [2.45, 2.75) is 0 Å². The smallest absolute Gasteiger partial charge is 0.278 e. The molecule has 0 saturated heterocycles. The average Bonchev–Trinajstić information content (AvgIpc) is 2.56. The SMILES string of the molecule is Nc1ncc(-c2cccc(F)c2)nc1C(=O)Nc1ccccc1. The maximum atomic E-state index is 13.3. The summed E-state index contributed by atoms with van der Waals surface area (Å²) in [6.07, 6.45) is 1.41. The van der Waals surface area contributed by atoms with E-state index in [1.165, 1.54) is 18.3 Å². The zero-order valence-electron chi connectivity index (χ0n) is 12.0. The van der Waals surface area contributed by atoms with Crippen LogP contribution in [0.5, 0.6) is 0 Å². The maximum absolute atomic E-state index is 13.3. The molecule has 1 amide bonds.